The minimum atomic E-state index is -4.53. The van der Waals surface area contributed by atoms with E-state index in [0.717, 1.165) is 6.20 Å². The average molecular weight is 211 g/mol. The Bertz CT molecular complexity index is 311. The number of halogens is 4. The molecule has 0 aliphatic carbocycles. The first kappa shape index (κ1) is 10.2. The van der Waals surface area contributed by atoms with Crippen molar-refractivity contribution in [3.8, 4) is 0 Å². The number of alkyl halides is 3. The smallest absolute Gasteiger partial charge is 0.233 e. The summed E-state index contributed by atoms with van der Waals surface area (Å²) in [7, 11) is 0. The predicted octanol–water partition coefficient (Wildman–Crippen LogP) is 2.71. The number of hydrogen-bond acceptors (Lipinski definition) is 2. The second kappa shape index (κ2) is 3.49. The Morgan fingerprint density at radius 2 is 2.08 bits per heavy atom. The van der Waals surface area contributed by atoms with Crippen LogP contribution in [0.25, 0.3) is 0 Å². The zero-order valence-electron chi connectivity index (χ0n) is 6.69. The van der Waals surface area contributed by atoms with Crippen LogP contribution in [0.2, 0.25) is 5.15 Å². The quantitative estimate of drug-likeness (QED) is 0.666. The van der Waals surface area contributed by atoms with Crippen molar-refractivity contribution in [1.29, 1.82) is 0 Å². The Labute approximate surface area is 77.8 Å². The van der Waals surface area contributed by atoms with Gasteiger partial charge >= 0.3 is 6.18 Å². The maximum absolute atomic E-state index is 12.0. The molecule has 2 nitrogen and oxygen atoms in total. The Hall–Kier alpha value is -0.840. The van der Waals surface area contributed by atoms with Gasteiger partial charge in [0.1, 0.15) is 5.15 Å². The number of rotatable bonds is 1. The van der Waals surface area contributed by atoms with Crippen LogP contribution in [0.15, 0.2) is 6.20 Å². The molecule has 0 amide bonds. The summed E-state index contributed by atoms with van der Waals surface area (Å²) in [5.41, 5.74) is 0.509. The summed E-state index contributed by atoms with van der Waals surface area (Å²) >= 11 is 5.48. The minimum Gasteiger partial charge on any atom is -0.233 e. The molecular formula is C7H6ClF3N2. The molecule has 0 aromatic carbocycles. The fraction of sp³-hybridized carbons (Fsp3) is 0.429. The first-order chi connectivity index (χ1) is 5.95. The van der Waals surface area contributed by atoms with Crippen molar-refractivity contribution in [3.63, 3.8) is 0 Å². The van der Waals surface area contributed by atoms with Crippen LogP contribution in [0, 0.1) is 0 Å². The molecule has 1 aromatic rings. The Balaban J connectivity index is 3.10. The number of aryl methyl sites for hydroxylation is 1. The molecule has 1 aromatic heterocycles. The number of nitrogens with zero attached hydrogens (tertiary/aromatic N) is 2. The molecule has 0 saturated heterocycles. The lowest BCUT2D eigenvalue weighted by Crippen LogP contribution is -2.11. The average Bonchev–Trinajstić information content (AvgIpc) is 2.02. The van der Waals surface area contributed by atoms with Crippen molar-refractivity contribution in [3.05, 3.63) is 22.7 Å². The van der Waals surface area contributed by atoms with E-state index in [0.29, 0.717) is 12.0 Å². The molecular weight excluding hydrogens is 205 g/mol. The molecule has 72 valence electrons. The van der Waals surface area contributed by atoms with E-state index in [-0.39, 0.29) is 5.15 Å². The lowest BCUT2D eigenvalue weighted by molar-refractivity contribution is -0.145. The van der Waals surface area contributed by atoms with Crippen molar-refractivity contribution >= 4 is 11.6 Å². The largest absolute Gasteiger partial charge is 0.451 e. The fourth-order valence-electron chi connectivity index (χ4n) is 0.760. The number of aromatic nitrogens is 2. The molecule has 0 radical (unpaired) electrons. The SMILES string of the molecule is CCc1cnc(C(F)(F)F)nc1Cl. The predicted molar refractivity (Wildman–Crippen MR) is 41.4 cm³/mol. The van der Waals surface area contributed by atoms with E-state index in [4.69, 9.17) is 11.6 Å². The zero-order chi connectivity index (χ0) is 10.1. The normalized spacial score (nSPS) is 11.8. The summed E-state index contributed by atoms with van der Waals surface area (Å²) in [6, 6.07) is 0. The van der Waals surface area contributed by atoms with Crippen molar-refractivity contribution in [1.82, 2.24) is 9.97 Å². The third-order valence-electron chi connectivity index (χ3n) is 1.45. The van der Waals surface area contributed by atoms with Gasteiger partial charge < -0.3 is 0 Å². The van der Waals surface area contributed by atoms with E-state index in [9.17, 15) is 13.2 Å². The molecule has 0 N–H and O–H groups in total. The van der Waals surface area contributed by atoms with Crippen molar-refractivity contribution in [2.24, 2.45) is 0 Å². The van der Waals surface area contributed by atoms with Gasteiger partial charge in [-0.05, 0) is 6.42 Å². The van der Waals surface area contributed by atoms with Crippen LogP contribution >= 0.6 is 11.6 Å². The molecule has 0 unspecified atom stereocenters. The maximum atomic E-state index is 12.0. The first-order valence-electron chi connectivity index (χ1n) is 3.53. The van der Waals surface area contributed by atoms with Gasteiger partial charge in [-0.2, -0.15) is 13.2 Å². The lowest BCUT2D eigenvalue weighted by atomic mass is 10.3. The van der Waals surface area contributed by atoms with Gasteiger partial charge in [-0.1, -0.05) is 18.5 Å². The van der Waals surface area contributed by atoms with E-state index >= 15 is 0 Å². The summed E-state index contributed by atoms with van der Waals surface area (Å²) < 4.78 is 36.1. The highest BCUT2D eigenvalue weighted by Crippen LogP contribution is 2.27. The molecule has 0 saturated carbocycles. The van der Waals surface area contributed by atoms with Gasteiger partial charge in [-0.15, -0.1) is 0 Å². The number of hydrogen-bond donors (Lipinski definition) is 0. The van der Waals surface area contributed by atoms with Crippen LogP contribution in [0.5, 0.6) is 0 Å². The van der Waals surface area contributed by atoms with Gasteiger partial charge in [0.2, 0.25) is 5.82 Å². The van der Waals surface area contributed by atoms with E-state index in [1.165, 1.54) is 0 Å². The summed E-state index contributed by atoms with van der Waals surface area (Å²) in [6.45, 7) is 1.76. The van der Waals surface area contributed by atoms with Gasteiger partial charge in [0.25, 0.3) is 0 Å². The van der Waals surface area contributed by atoms with Crippen molar-refractivity contribution < 1.29 is 13.2 Å². The highest BCUT2D eigenvalue weighted by molar-refractivity contribution is 6.30. The molecule has 0 atom stereocenters. The van der Waals surface area contributed by atoms with Crippen molar-refractivity contribution in [2.75, 3.05) is 0 Å². The molecule has 13 heavy (non-hydrogen) atoms. The monoisotopic (exact) mass is 210 g/mol. The van der Waals surface area contributed by atoms with Gasteiger partial charge in [0.15, 0.2) is 0 Å². The molecule has 1 heterocycles. The van der Waals surface area contributed by atoms with Gasteiger partial charge in [-0.25, -0.2) is 9.97 Å². The standard InChI is InChI=1S/C7H6ClF3N2/c1-2-4-3-12-6(7(9,10)11)13-5(4)8/h3H,2H2,1H3. The van der Waals surface area contributed by atoms with E-state index < -0.39 is 12.0 Å². The third-order valence-corrected chi connectivity index (χ3v) is 1.77. The second-order valence-corrected chi connectivity index (χ2v) is 2.72. The summed E-state index contributed by atoms with van der Waals surface area (Å²) in [5, 5.41) is -0.134. The van der Waals surface area contributed by atoms with Crippen LogP contribution in [-0.4, -0.2) is 9.97 Å². The third kappa shape index (κ3) is 2.30. The minimum absolute atomic E-state index is 0.134. The van der Waals surface area contributed by atoms with Crippen LogP contribution in [0.1, 0.15) is 18.3 Å². The molecule has 0 spiro atoms. The lowest BCUT2D eigenvalue weighted by Gasteiger charge is -2.05. The molecule has 0 aliphatic heterocycles. The topological polar surface area (TPSA) is 25.8 Å². The fourth-order valence-corrected chi connectivity index (χ4v) is 1.02. The van der Waals surface area contributed by atoms with Crippen LogP contribution < -0.4 is 0 Å². The molecule has 0 fully saturated rings. The van der Waals surface area contributed by atoms with Crippen LogP contribution in [-0.2, 0) is 12.6 Å². The zero-order valence-corrected chi connectivity index (χ0v) is 7.45. The molecule has 0 aliphatic rings. The van der Waals surface area contributed by atoms with Crippen LogP contribution in [0.3, 0.4) is 0 Å². The summed E-state index contributed by atoms with van der Waals surface area (Å²) in [6.07, 6.45) is -2.93. The van der Waals surface area contributed by atoms with Gasteiger partial charge in [0.05, 0.1) is 0 Å². The van der Waals surface area contributed by atoms with Crippen LogP contribution in [0.4, 0.5) is 13.2 Å². The Kier molecular flexibility index (Phi) is 2.75. The highest BCUT2D eigenvalue weighted by Gasteiger charge is 2.34. The van der Waals surface area contributed by atoms with Gasteiger partial charge in [0, 0.05) is 11.8 Å². The molecule has 6 heteroatoms. The Morgan fingerprint density at radius 3 is 2.46 bits per heavy atom. The van der Waals surface area contributed by atoms with E-state index in [1.807, 2.05) is 0 Å². The maximum Gasteiger partial charge on any atom is 0.451 e. The van der Waals surface area contributed by atoms with E-state index in [1.54, 1.807) is 6.92 Å². The first-order valence-corrected chi connectivity index (χ1v) is 3.91. The van der Waals surface area contributed by atoms with Gasteiger partial charge in [-0.3, -0.25) is 0 Å². The van der Waals surface area contributed by atoms with Crippen molar-refractivity contribution in [2.45, 2.75) is 19.5 Å². The summed E-state index contributed by atoms with van der Waals surface area (Å²) in [4.78, 5) is 6.31. The Morgan fingerprint density at radius 1 is 1.46 bits per heavy atom. The molecule has 1 rings (SSSR count). The highest BCUT2D eigenvalue weighted by atomic mass is 35.5. The summed E-state index contributed by atoms with van der Waals surface area (Å²) in [5.74, 6) is -1.20. The van der Waals surface area contributed by atoms with E-state index in [2.05, 4.69) is 9.97 Å². The second-order valence-electron chi connectivity index (χ2n) is 2.36. The molecule has 0 bridgehead atoms.